The molecule has 1 amide bonds. The zero-order valence-corrected chi connectivity index (χ0v) is 15.5. The zero-order chi connectivity index (χ0) is 18.1. The summed E-state index contributed by atoms with van der Waals surface area (Å²) in [5, 5.41) is 21.1. The molecule has 2 aliphatic heterocycles. The van der Waals surface area contributed by atoms with Gasteiger partial charge in [0.15, 0.2) is 0 Å². The minimum absolute atomic E-state index is 0.00665. The van der Waals surface area contributed by atoms with Gasteiger partial charge >= 0.3 is 5.97 Å². The van der Waals surface area contributed by atoms with E-state index in [4.69, 9.17) is 0 Å². The Kier molecular flexibility index (Phi) is 3.54. The van der Waals surface area contributed by atoms with Crippen LogP contribution in [0.4, 0.5) is 0 Å². The Hall–Kier alpha value is -1.84. The summed E-state index contributed by atoms with van der Waals surface area (Å²) in [5.41, 5.74) is -0.295. The summed E-state index contributed by atoms with van der Waals surface area (Å²) in [6, 6.07) is -0.319. The SMILES string of the molecule is CSc1ncn2cc(C3=C(C(=O)O)N4C(=O)C[C@@H]4[C@@]3(C)[C@@H](C)O)sc12. The number of aliphatic hydroxyl groups excluding tert-OH is 1. The van der Waals surface area contributed by atoms with Crippen LogP contribution in [-0.2, 0) is 9.59 Å². The molecular formula is C16H17N3O4S2. The fraction of sp³-hybridized carbons (Fsp3) is 0.438. The van der Waals surface area contributed by atoms with Crippen molar-refractivity contribution in [2.45, 2.75) is 37.4 Å². The smallest absolute Gasteiger partial charge is 0.352 e. The minimum atomic E-state index is -1.14. The topological polar surface area (TPSA) is 95.1 Å². The number of thiazole rings is 1. The highest BCUT2D eigenvalue weighted by atomic mass is 32.2. The molecule has 0 radical (unpaired) electrons. The molecule has 0 bridgehead atoms. The molecule has 9 heteroatoms. The number of carboxylic acid groups (broad SMARTS) is 1. The second-order valence-corrected chi connectivity index (χ2v) is 8.36. The summed E-state index contributed by atoms with van der Waals surface area (Å²) < 4.78 is 1.86. The van der Waals surface area contributed by atoms with Crippen molar-refractivity contribution in [3.8, 4) is 0 Å². The lowest BCUT2D eigenvalue weighted by Gasteiger charge is -2.45. The quantitative estimate of drug-likeness (QED) is 0.622. The number of aromatic nitrogens is 2. The standard InChI is InChI=1S/C16H17N3O4S2/c1-7(20)16(2)9-4-10(21)19(9)12(15(22)23)11(16)8-5-18-6-17-13(24-3)14(18)25-8/h5-7,9,20H,4H2,1-3H3,(H,22,23)/t7-,9-,16-/m1/s1. The van der Waals surface area contributed by atoms with Crippen LogP contribution >= 0.6 is 23.1 Å². The molecule has 0 aromatic carbocycles. The first kappa shape index (κ1) is 16.6. The van der Waals surface area contributed by atoms with Gasteiger partial charge in [0.05, 0.1) is 17.0 Å². The average molecular weight is 379 g/mol. The molecule has 0 aliphatic carbocycles. The predicted molar refractivity (Wildman–Crippen MR) is 94.4 cm³/mol. The van der Waals surface area contributed by atoms with Gasteiger partial charge < -0.3 is 15.1 Å². The Morgan fingerprint density at radius 3 is 2.84 bits per heavy atom. The molecule has 0 saturated carbocycles. The summed E-state index contributed by atoms with van der Waals surface area (Å²) >= 11 is 2.96. The van der Waals surface area contributed by atoms with Crippen LogP contribution in [-0.4, -0.2) is 54.8 Å². The minimum Gasteiger partial charge on any atom is -0.477 e. The number of hydrogen-bond donors (Lipinski definition) is 2. The van der Waals surface area contributed by atoms with Crippen molar-refractivity contribution in [2.24, 2.45) is 5.41 Å². The van der Waals surface area contributed by atoms with E-state index in [9.17, 15) is 19.8 Å². The van der Waals surface area contributed by atoms with Gasteiger partial charge in [-0.1, -0.05) is 6.92 Å². The number of imidazole rings is 1. The third-order valence-electron chi connectivity index (χ3n) is 5.35. The van der Waals surface area contributed by atoms with Gasteiger partial charge in [0.25, 0.3) is 0 Å². The second kappa shape index (κ2) is 5.33. The lowest BCUT2D eigenvalue weighted by molar-refractivity contribution is -0.152. The number of aliphatic hydroxyl groups is 1. The Morgan fingerprint density at radius 2 is 2.28 bits per heavy atom. The van der Waals surface area contributed by atoms with E-state index >= 15 is 0 Å². The molecule has 0 spiro atoms. The van der Waals surface area contributed by atoms with Crippen LogP contribution in [0.15, 0.2) is 23.2 Å². The number of thioether (sulfide) groups is 1. The van der Waals surface area contributed by atoms with E-state index in [-0.39, 0.29) is 24.1 Å². The van der Waals surface area contributed by atoms with E-state index in [2.05, 4.69) is 4.98 Å². The number of rotatable bonds is 4. The number of carbonyl (C=O) groups excluding carboxylic acids is 1. The van der Waals surface area contributed by atoms with Crippen LogP contribution < -0.4 is 0 Å². The van der Waals surface area contributed by atoms with Crippen LogP contribution in [0.3, 0.4) is 0 Å². The van der Waals surface area contributed by atoms with Crippen molar-refractivity contribution in [2.75, 3.05) is 6.26 Å². The van der Waals surface area contributed by atoms with E-state index in [1.54, 1.807) is 13.3 Å². The Labute approximate surface area is 152 Å². The highest BCUT2D eigenvalue weighted by molar-refractivity contribution is 7.98. The molecule has 3 atom stereocenters. The van der Waals surface area contributed by atoms with E-state index in [0.717, 1.165) is 14.7 Å². The number of hydrogen-bond acceptors (Lipinski definition) is 6. The Balaban J connectivity index is 1.98. The number of carbonyl (C=O) groups is 2. The third kappa shape index (κ3) is 2.00. The first-order valence-corrected chi connectivity index (χ1v) is 9.83. The van der Waals surface area contributed by atoms with E-state index < -0.39 is 17.5 Å². The second-order valence-electron chi connectivity index (χ2n) is 6.53. The maximum Gasteiger partial charge on any atom is 0.352 e. The maximum absolute atomic E-state index is 12.1. The fourth-order valence-corrected chi connectivity index (χ4v) is 5.78. The van der Waals surface area contributed by atoms with E-state index in [1.807, 2.05) is 23.8 Å². The number of nitrogens with zero attached hydrogens (tertiary/aromatic N) is 3. The lowest BCUT2D eigenvalue weighted by atomic mass is 9.70. The summed E-state index contributed by atoms with van der Waals surface area (Å²) in [4.78, 5) is 31.3. The first-order valence-electron chi connectivity index (χ1n) is 7.79. The average Bonchev–Trinajstić information content (AvgIpc) is 3.15. The summed E-state index contributed by atoms with van der Waals surface area (Å²) in [7, 11) is 0. The molecule has 1 fully saturated rings. The first-order chi connectivity index (χ1) is 11.8. The number of carboxylic acids is 1. The molecule has 25 heavy (non-hydrogen) atoms. The molecule has 4 rings (SSSR count). The molecule has 2 aromatic heterocycles. The van der Waals surface area contributed by atoms with Crippen LogP contribution in [0, 0.1) is 5.41 Å². The van der Waals surface area contributed by atoms with Gasteiger partial charge in [-0.25, -0.2) is 9.78 Å². The largest absolute Gasteiger partial charge is 0.477 e. The van der Waals surface area contributed by atoms with Crippen LogP contribution in [0.25, 0.3) is 10.4 Å². The number of β-lactam (4-membered cyclic amide) rings is 1. The fourth-order valence-electron chi connectivity index (χ4n) is 3.83. The number of aliphatic carboxylic acids is 1. The molecule has 132 valence electrons. The van der Waals surface area contributed by atoms with Crippen molar-refractivity contribution >= 4 is 45.4 Å². The normalized spacial score (nSPS) is 27.0. The molecule has 1 saturated heterocycles. The van der Waals surface area contributed by atoms with Gasteiger partial charge in [-0.05, 0) is 13.2 Å². The van der Waals surface area contributed by atoms with Crippen molar-refractivity contribution in [3.05, 3.63) is 23.1 Å². The molecule has 2 N–H and O–H groups in total. The molecular weight excluding hydrogens is 362 g/mol. The third-order valence-corrected chi connectivity index (χ3v) is 7.29. The van der Waals surface area contributed by atoms with Gasteiger partial charge in [0.1, 0.15) is 21.9 Å². The lowest BCUT2D eigenvalue weighted by Crippen LogP contribution is -2.57. The van der Waals surface area contributed by atoms with Crippen LogP contribution in [0.1, 0.15) is 25.1 Å². The highest BCUT2D eigenvalue weighted by Crippen LogP contribution is 2.57. The summed E-state index contributed by atoms with van der Waals surface area (Å²) in [6.07, 6.45) is 4.92. The zero-order valence-electron chi connectivity index (χ0n) is 13.9. The number of amides is 1. The van der Waals surface area contributed by atoms with Crippen molar-refractivity contribution < 1.29 is 19.8 Å². The summed E-state index contributed by atoms with van der Waals surface area (Å²) in [5.74, 6) is -1.35. The molecule has 4 heterocycles. The number of fused-ring (bicyclic) bond motifs is 2. The Morgan fingerprint density at radius 1 is 1.56 bits per heavy atom. The van der Waals surface area contributed by atoms with Gasteiger partial charge in [-0.3, -0.25) is 9.20 Å². The maximum atomic E-state index is 12.1. The molecule has 2 aromatic rings. The van der Waals surface area contributed by atoms with Crippen LogP contribution in [0.5, 0.6) is 0 Å². The van der Waals surface area contributed by atoms with Gasteiger partial charge in [0, 0.05) is 23.6 Å². The van der Waals surface area contributed by atoms with Crippen LogP contribution in [0.2, 0.25) is 0 Å². The monoisotopic (exact) mass is 379 g/mol. The molecule has 2 aliphatic rings. The Bertz CT molecular complexity index is 944. The van der Waals surface area contributed by atoms with Crippen molar-refractivity contribution in [3.63, 3.8) is 0 Å². The van der Waals surface area contributed by atoms with Crippen molar-refractivity contribution in [1.82, 2.24) is 14.3 Å². The summed E-state index contributed by atoms with van der Waals surface area (Å²) in [6.45, 7) is 3.50. The molecule has 0 unspecified atom stereocenters. The van der Waals surface area contributed by atoms with Gasteiger partial charge in [-0.2, -0.15) is 0 Å². The molecule has 7 nitrogen and oxygen atoms in total. The van der Waals surface area contributed by atoms with E-state index in [1.165, 1.54) is 28.0 Å². The predicted octanol–water partition coefficient (Wildman–Crippen LogP) is 1.92. The van der Waals surface area contributed by atoms with Crippen molar-refractivity contribution in [1.29, 1.82) is 0 Å². The van der Waals surface area contributed by atoms with E-state index in [0.29, 0.717) is 5.57 Å². The highest BCUT2D eigenvalue weighted by Gasteiger charge is 2.62. The van der Waals surface area contributed by atoms with Gasteiger partial charge in [0.2, 0.25) is 5.91 Å². The van der Waals surface area contributed by atoms with Gasteiger partial charge in [-0.15, -0.1) is 23.1 Å².